The van der Waals surface area contributed by atoms with Gasteiger partial charge in [-0.05, 0) is 35.7 Å². The van der Waals surface area contributed by atoms with Crippen molar-refractivity contribution in [2.75, 3.05) is 14.2 Å². The SMILES string of the molecule is COc1cc(C=Nn2c(-c3cccs3)csc2=Nc2ccc(F)cc2F)cc(OC)c1O. The fourth-order valence-corrected chi connectivity index (χ4v) is 4.51. The molecule has 2 aromatic carbocycles. The van der Waals surface area contributed by atoms with E-state index in [0.717, 1.165) is 22.7 Å². The number of methoxy groups -OCH3 is 2. The molecule has 6 nitrogen and oxygen atoms in total. The second-order valence-electron chi connectivity index (χ2n) is 6.42. The van der Waals surface area contributed by atoms with Crippen molar-refractivity contribution in [3.63, 3.8) is 0 Å². The lowest BCUT2D eigenvalue weighted by atomic mass is 10.2. The van der Waals surface area contributed by atoms with Crippen LogP contribution in [0.3, 0.4) is 0 Å². The van der Waals surface area contributed by atoms with Crippen LogP contribution in [-0.2, 0) is 0 Å². The van der Waals surface area contributed by atoms with E-state index < -0.39 is 11.6 Å². The number of ether oxygens (including phenoxy) is 2. The van der Waals surface area contributed by atoms with Crippen LogP contribution < -0.4 is 14.3 Å². The molecule has 0 saturated carbocycles. The lowest BCUT2D eigenvalue weighted by Crippen LogP contribution is -2.11. The summed E-state index contributed by atoms with van der Waals surface area (Å²) in [5, 5.41) is 18.5. The second kappa shape index (κ2) is 9.33. The van der Waals surface area contributed by atoms with Crippen LogP contribution in [0.25, 0.3) is 10.6 Å². The maximum Gasteiger partial charge on any atom is 0.211 e. The smallest absolute Gasteiger partial charge is 0.211 e. The first kappa shape index (κ1) is 21.7. The van der Waals surface area contributed by atoms with Crippen molar-refractivity contribution in [3.05, 3.63) is 75.2 Å². The standard InChI is InChI=1S/C22H17F2N3O3S2/c1-29-18-8-13(9-19(30-2)21(18)28)11-25-27-17(20-4-3-7-31-20)12-32-22(27)26-16-6-5-14(23)10-15(16)24/h3-12,28H,1-2H3. The molecular weight excluding hydrogens is 456 g/mol. The van der Waals surface area contributed by atoms with Crippen molar-refractivity contribution in [1.29, 1.82) is 0 Å². The molecule has 0 aliphatic heterocycles. The van der Waals surface area contributed by atoms with Gasteiger partial charge in [0.25, 0.3) is 0 Å². The van der Waals surface area contributed by atoms with Crippen LogP contribution in [0.4, 0.5) is 14.5 Å². The van der Waals surface area contributed by atoms with E-state index in [1.807, 2.05) is 22.9 Å². The van der Waals surface area contributed by atoms with Crippen LogP contribution in [0.2, 0.25) is 0 Å². The van der Waals surface area contributed by atoms with Gasteiger partial charge in [0, 0.05) is 17.0 Å². The van der Waals surface area contributed by atoms with E-state index in [9.17, 15) is 13.9 Å². The van der Waals surface area contributed by atoms with Gasteiger partial charge in [-0.15, -0.1) is 22.7 Å². The molecule has 2 aromatic heterocycles. The maximum absolute atomic E-state index is 14.2. The van der Waals surface area contributed by atoms with E-state index in [-0.39, 0.29) is 22.9 Å². The van der Waals surface area contributed by atoms with Crippen molar-refractivity contribution in [2.45, 2.75) is 0 Å². The van der Waals surface area contributed by atoms with Crippen LogP contribution in [0.1, 0.15) is 5.56 Å². The van der Waals surface area contributed by atoms with Crippen LogP contribution >= 0.6 is 22.7 Å². The van der Waals surface area contributed by atoms with E-state index in [1.165, 1.54) is 43.0 Å². The molecule has 0 bridgehead atoms. The van der Waals surface area contributed by atoms with Gasteiger partial charge in [0.05, 0.1) is 31.0 Å². The van der Waals surface area contributed by atoms with Crippen molar-refractivity contribution in [1.82, 2.24) is 4.68 Å². The highest BCUT2D eigenvalue weighted by Gasteiger charge is 2.12. The number of thiazole rings is 1. The second-order valence-corrected chi connectivity index (χ2v) is 8.20. The van der Waals surface area contributed by atoms with Gasteiger partial charge in [-0.2, -0.15) is 5.10 Å². The Balaban J connectivity index is 1.84. The molecule has 164 valence electrons. The number of phenolic OH excluding ortho intramolecular Hbond substituents is 1. The van der Waals surface area contributed by atoms with Crippen LogP contribution in [0.5, 0.6) is 17.2 Å². The normalized spacial score (nSPS) is 11.9. The molecule has 2 heterocycles. The third-order valence-electron chi connectivity index (χ3n) is 4.41. The summed E-state index contributed by atoms with van der Waals surface area (Å²) in [6.07, 6.45) is 1.55. The largest absolute Gasteiger partial charge is 0.502 e. The zero-order chi connectivity index (χ0) is 22.7. The molecule has 1 N–H and O–H groups in total. The summed E-state index contributed by atoms with van der Waals surface area (Å²) in [7, 11) is 2.87. The van der Waals surface area contributed by atoms with E-state index in [2.05, 4.69) is 10.1 Å². The summed E-state index contributed by atoms with van der Waals surface area (Å²) < 4.78 is 39.4. The number of hydrogen-bond acceptors (Lipinski definition) is 7. The number of nitrogens with zero attached hydrogens (tertiary/aromatic N) is 3. The summed E-state index contributed by atoms with van der Waals surface area (Å²) in [6.45, 7) is 0. The molecule has 0 aliphatic rings. The number of hydrogen-bond donors (Lipinski definition) is 1. The fourth-order valence-electron chi connectivity index (χ4n) is 2.87. The zero-order valence-corrected chi connectivity index (χ0v) is 18.6. The number of halogens is 2. The summed E-state index contributed by atoms with van der Waals surface area (Å²) in [5.74, 6) is -1.08. The minimum atomic E-state index is -0.764. The van der Waals surface area contributed by atoms with Crippen LogP contribution in [0, 0.1) is 11.6 Å². The Bertz CT molecular complexity index is 1320. The highest BCUT2D eigenvalue weighted by molar-refractivity contribution is 7.14. The van der Waals surface area contributed by atoms with Crippen molar-refractivity contribution >= 4 is 34.6 Å². The lowest BCUT2D eigenvalue weighted by Gasteiger charge is -2.09. The third-order valence-corrected chi connectivity index (χ3v) is 6.12. The van der Waals surface area contributed by atoms with Crippen molar-refractivity contribution in [3.8, 4) is 27.8 Å². The quantitative estimate of drug-likeness (QED) is 0.382. The number of phenols is 1. The molecule has 0 atom stereocenters. The highest BCUT2D eigenvalue weighted by Crippen LogP contribution is 2.36. The highest BCUT2D eigenvalue weighted by atomic mass is 32.1. The van der Waals surface area contributed by atoms with E-state index >= 15 is 0 Å². The van der Waals surface area contributed by atoms with Gasteiger partial charge in [0.2, 0.25) is 10.6 Å². The minimum Gasteiger partial charge on any atom is -0.502 e. The summed E-state index contributed by atoms with van der Waals surface area (Å²) >= 11 is 2.80. The number of rotatable bonds is 6. The molecule has 0 amide bonds. The number of aromatic nitrogens is 1. The molecule has 4 aromatic rings. The Morgan fingerprint density at radius 3 is 2.41 bits per heavy atom. The Kier molecular flexibility index (Phi) is 6.33. The van der Waals surface area contributed by atoms with Gasteiger partial charge in [-0.25, -0.2) is 18.4 Å². The molecule has 0 radical (unpaired) electrons. The van der Waals surface area contributed by atoms with Gasteiger partial charge < -0.3 is 14.6 Å². The van der Waals surface area contributed by atoms with Crippen LogP contribution in [0.15, 0.2) is 63.3 Å². The summed E-state index contributed by atoms with van der Waals surface area (Å²) in [4.78, 5) is 5.69. The van der Waals surface area contributed by atoms with Crippen molar-refractivity contribution < 1.29 is 23.4 Å². The summed E-state index contributed by atoms with van der Waals surface area (Å²) in [5.41, 5.74) is 1.37. The molecular formula is C22H17F2N3O3S2. The van der Waals surface area contributed by atoms with Gasteiger partial charge in [-0.1, -0.05) is 6.07 Å². The Morgan fingerprint density at radius 2 is 1.78 bits per heavy atom. The first-order chi connectivity index (χ1) is 15.5. The average molecular weight is 474 g/mol. The first-order valence-corrected chi connectivity index (χ1v) is 11.0. The molecule has 0 saturated heterocycles. The molecule has 0 spiro atoms. The van der Waals surface area contributed by atoms with E-state index in [4.69, 9.17) is 9.47 Å². The number of thiophene rings is 1. The average Bonchev–Trinajstić information content (AvgIpc) is 3.44. The van der Waals surface area contributed by atoms with Gasteiger partial charge in [0.15, 0.2) is 17.3 Å². The third kappa shape index (κ3) is 4.41. The predicted molar refractivity (Wildman–Crippen MR) is 121 cm³/mol. The van der Waals surface area contributed by atoms with Gasteiger partial charge in [-0.3, -0.25) is 0 Å². The molecule has 0 aliphatic carbocycles. The molecule has 4 rings (SSSR count). The predicted octanol–water partition coefficient (Wildman–Crippen LogP) is 5.39. The maximum atomic E-state index is 14.2. The summed E-state index contributed by atoms with van der Waals surface area (Å²) in [6, 6.07) is 10.3. The monoisotopic (exact) mass is 473 g/mol. The Morgan fingerprint density at radius 1 is 1.03 bits per heavy atom. The van der Waals surface area contributed by atoms with Gasteiger partial charge >= 0.3 is 0 Å². The Labute approximate surface area is 190 Å². The number of benzene rings is 2. The van der Waals surface area contributed by atoms with Crippen molar-refractivity contribution in [2.24, 2.45) is 10.1 Å². The first-order valence-electron chi connectivity index (χ1n) is 9.23. The minimum absolute atomic E-state index is 0.00269. The van der Waals surface area contributed by atoms with Crippen LogP contribution in [-0.4, -0.2) is 30.2 Å². The lowest BCUT2D eigenvalue weighted by molar-refractivity contribution is 0.340. The number of aromatic hydroxyl groups is 1. The Hall–Kier alpha value is -3.50. The molecule has 10 heteroatoms. The van der Waals surface area contributed by atoms with E-state index in [0.29, 0.717) is 10.4 Å². The van der Waals surface area contributed by atoms with Gasteiger partial charge in [0.1, 0.15) is 11.5 Å². The van der Waals surface area contributed by atoms with E-state index in [1.54, 1.807) is 23.0 Å². The molecule has 32 heavy (non-hydrogen) atoms. The molecule has 0 fully saturated rings. The molecule has 0 unspecified atom stereocenters. The topological polar surface area (TPSA) is 68.3 Å². The zero-order valence-electron chi connectivity index (χ0n) is 17.0. The fraction of sp³-hybridized carbons (Fsp3) is 0.0909.